The second-order valence-electron chi connectivity index (χ2n) is 8.44. The molecule has 12 heteroatoms. The van der Waals surface area contributed by atoms with Crippen molar-refractivity contribution in [2.45, 2.75) is 10.3 Å². The number of anilines is 1. The van der Waals surface area contributed by atoms with Crippen LogP contribution in [-0.4, -0.2) is 99.3 Å². The maximum atomic E-state index is 13.3. The topological polar surface area (TPSA) is 120 Å². The highest BCUT2D eigenvalue weighted by Gasteiger charge is 2.27. The summed E-state index contributed by atoms with van der Waals surface area (Å²) in [6.45, 7) is 2.97. The van der Waals surface area contributed by atoms with Crippen molar-refractivity contribution in [1.29, 1.82) is 0 Å². The zero-order valence-corrected chi connectivity index (χ0v) is 22.2. The zero-order chi connectivity index (χ0) is 25.7. The second-order valence-corrected chi connectivity index (χ2v) is 11.6. The summed E-state index contributed by atoms with van der Waals surface area (Å²) in [6, 6.07) is 10.3. The molecule has 2 aromatic heterocycles. The molecule has 4 rings (SSSR count). The van der Waals surface area contributed by atoms with Gasteiger partial charge in [0.1, 0.15) is 17.4 Å². The van der Waals surface area contributed by atoms with Gasteiger partial charge >= 0.3 is 0 Å². The first-order valence-electron chi connectivity index (χ1n) is 11.5. The van der Waals surface area contributed by atoms with Crippen LogP contribution in [0.3, 0.4) is 0 Å². The van der Waals surface area contributed by atoms with E-state index in [4.69, 9.17) is 19.6 Å². The maximum absolute atomic E-state index is 13.3. The Morgan fingerprint density at radius 2 is 2.06 bits per heavy atom. The number of methoxy groups -OCH3 is 1. The van der Waals surface area contributed by atoms with Gasteiger partial charge in [-0.3, -0.25) is 9.30 Å². The van der Waals surface area contributed by atoms with Gasteiger partial charge in [0.25, 0.3) is 10.0 Å². The van der Waals surface area contributed by atoms with Gasteiger partial charge in [0.2, 0.25) is 0 Å². The molecule has 36 heavy (non-hydrogen) atoms. The minimum atomic E-state index is -3.90. The predicted octanol–water partition coefficient (Wildman–Crippen LogP) is 2.20. The van der Waals surface area contributed by atoms with Crippen molar-refractivity contribution in [1.82, 2.24) is 14.9 Å². The molecule has 1 aromatic carbocycles. The summed E-state index contributed by atoms with van der Waals surface area (Å²) in [7, 11) is 1.18. The number of thioether (sulfide) groups is 1. The minimum Gasteiger partial charge on any atom is -0.491 e. The number of aliphatic hydroxyl groups is 1. The van der Waals surface area contributed by atoms with Gasteiger partial charge in [0.05, 0.1) is 36.7 Å². The highest BCUT2D eigenvalue weighted by atomic mass is 32.2. The molecule has 0 aliphatic carbocycles. The van der Waals surface area contributed by atoms with E-state index >= 15 is 0 Å². The van der Waals surface area contributed by atoms with Gasteiger partial charge in [-0.05, 0) is 31.3 Å². The number of rotatable bonds is 12. The van der Waals surface area contributed by atoms with Crippen molar-refractivity contribution in [3.63, 3.8) is 0 Å². The van der Waals surface area contributed by atoms with Crippen molar-refractivity contribution in [2.75, 3.05) is 65.0 Å². The third kappa shape index (κ3) is 5.84. The fraction of sp³-hybridized carbons (Fsp3) is 0.417. The Balaban J connectivity index is 1.68. The molecule has 0 saturated carbocycles. The van der Waals surface area contributed by atoms with E-state index in [-0.39, 0.29) is 16.9 Å². The molecule has 3 aromatic rings. The molecule has 0 saturated heterocycles. The lowest BCUT2D eigenvalue weighted by atomic mass is 10.2. The Bertz CT molecular complexity index is 1310. The number of benzene rings is 1. The van der Waals surface area contributed by atoms with Crippen LogP contribution in [0.2, 0.25) is 0 Å². The first kappa shape index (κ1) is 26.4. The molecule has 1 aliphatic rings. The Kier molecular flexibility index (Phi) is 8.52. The molecule has 1 unspecified atom stereocenters. The number of hydrogen-bond donors (Lipinski definition) is 2. The average Bonchev–Trinajstić information content (AvgIpc) is 3.51. The lowest BCUT2D eigenvalue weighted by molar-refractivity contribution is 0.146. The highest BCUT2D eigenvalue weighted by Crippen LogP contribution is 2.36. The lowest BCUT2D eigenvalue weighted by Gasteiger charge is -2.20. The monoisotopic (exact) mass is 533 g/mol. The van der Waals surface area contributed by atoms with Crippen LogP contribution in [0, 0.1) is 0 Å². The zero-order valence-electron chi connectivity index (χ0n) is 20.5. The molecule has 0 spiro atoms. The van der Waals surface area contributed by atoms with Gasteiger partial charge in [-0.15, -0.1) is 0 Å². The van der Waals surface area contributed by atoms with Crippen molar-refractivity contribution in [3.8, 4) is 5.75 Å². The number of aliphatic imine (C=N–C) groups is 1. The fourth-order valence-corrected chi connectivity index (χ4v) is 6.24. The standard InChI is InChI=1S/C24H31N5O5S2/c1-28(8-9-30)16-19-15-26-24(35-19)20-13-17-12-18(34-11-10-33-3)14-21(23(17)27-20)29(2)36(31,32)22-6-4-5-7-25-22/h4-7,12-14,19,27,30H,8-11,15-16H2,1-3H3. The van der Waals surface area contributed by atoms with Crippen molar-refractivity contribution < 1.29 is 23.0 Å². The molecular weight excluding hydrogens is 502 g/mol. The first-order chi connectivity index (χ1) is 17.3. The summed E-state index contributed by atoms with van der Waals surface area (Å²) in [5.41, 5.74) is 1.93. The van der Waals surface area contributed by atoms with Gasteiger partial charge in [-0.2, -0.15) is 8.42 Å². The summed E-state index contributed by atoms with van der Waals surface area (Å²) >= 11 is 1.68. The number of sulfonamides is 1. The maximum Gasteiger partial charge on any atom is 0.281 e. The third-order valence-corrected chi connectivity index (χ3v) is 8.67. The van der Waals surface area contributed by atoms with E-state index < -0.39 is 10.0 Å². The van der Waals surface area contributed by atoms with E-state index in [1.165, 1.54) is 23.6 Å². The molecule has 0 radical (unpaired) electrons. The van der Waals surface area contributed by atoms with Crippen molar-refractivity contribution in [2.24, 2.45) is 4.99 Å². The Labute approximate surface area is 215 Å². The summed E-state index contributed by atoms with van der Waals surface area (Å²) in [6.07, 6.45) is 1.46. The van der Waals surface area contributed by atoms with Crippen LogP contribution in [0.4, 0.5) is 5.69 Å². The van der Waals surface area contributed by atoms with Crippen LogP contribution in [0.1, 0.15) is 5.69 Å². The van der Waals surface area contributed by atoms with Gasteiger partial charge in [0, 0.05) is 50.1 Å². The summed E-state index contributed by atoms with van der Waals surface area (Å²) < 4.78 is 38.8. The Morgan fingerprint density at radius 3 is 2.78 bits per heavy atom. The van der Waals surface area contributed by atoms with Crippen LogP contribution >= 0.6 is 11.8 Å². The first-order valence-corrected chi connectivity index (χ1v) is 13.8. The van der Waals surface area contributed by atoms with Crippen LogP contribution in [0.25, 0.3) is 10.9 Å². The number of ether oxygens (including phenoxy) is 2. The molecule has 0 fully saturated rings. The van der Waals surface area contributed by atoms with Crippen LogP contribution < -0.4 is 9.04 Å². The summed E-state index contributed by atoms with van der Waals surface area (Å²) in [4.78, 5) is 14.2. The van der Waals surface area contributed by atoms with Gasteiger partial charge in [-0.1, -0.05) is 17.8 Å². The molecule has 1 atom stereocenters. The number of pyridine rings is 1. The van der Waals surface area contributed by atoms with E-state index in [0.29, 0.717) is 43.3 Å². The minimum absolute atomic E-state index is 0.0382. The van der Waals surface area contributed by atoms with Crippen molar-refractivity contribution >= 4 is 43.4 Å². The van der Waals surface area contributed by atoms with Gasteiger partial charge in [-0.25, -0.2) is 4.98 Å². The largest absolute Gasteiger partial charge is 0.491 e. The Morgan fingerprint density at radius 1 is 1.22 bits per heavy atom. The van der Waals surface area contributed by atoms with Gasteiger partial charge in [0.15, 0.2) is 5.03 Å². The molecule has 10 nitrogen and oxygen atoms in total. The van der Waals surface area contributed by atoms with E-state index in [1.807, 2.05) is 19.2 Å². The Hall–Kier alpha value is -2.64. The number of aliphatic hydroxyl groups excluding tert-OH is 1. The lowest BCUT2D eigenvalue weighted by Crippen LogP contribution is -2.30. The average molecular weight is 534 g/mol. The molecule has 1 aliphatic heterocycles. The van der Waals surface area contributed by atoms with E-state index in [2.05, 4.69) is 14.9 Å². The van der Waals surface area contributed by atoms with Crippen LogP contribution in [-0.2, 0) is 14.8 Å². The van der Waals surface area contributed by atoms with Crippen molar-refractivity contribution in [3.05, 3.63) is 48.3 Å². The van der Waals surface area contributed by atoms with E-state index in [1.54, 1.807) is 37.1 Å². The number of aromatic nitrogens is 2. The molecule has 0 amide bonds. The molecule has 194 valence electrons. The number of nitrogens with one attached hydrogen (secondary N) is 1. The van der Waals surface area contributed by atoms with Gasteiger partial charge < -0.3 is 24.5 Å². The number of aromatic amines is 1. The third-order valence-electron chi connectivity index (χ3n) is 5.78. The summed E-state index contributed by atoms with van der Waals surface area (Å²) in [5, 5.41) is 11.1. The number of fused-ring (bicyclic) bond motifs is 1. The van der Waals surface area contributed by atoms with Crippen LogP contribution in [0.15, 0.2) is 52.6 Å². The number of hydrogen-bond acceptors (Lipinski definition) is 9. The fourth-order valence-electron chi connectivity index (χ4n) is 3.93. The second kappa shape index (κ2) is 11.6. The normalized spacial score (nSPS) is 16.0. The SMILES string of the molecule is COCCOc1cc(N(C)S(=O)(=O)c2ccccn2)c2[nH]c(C3=NCC(CN(C)CCO)S3)cc2c1. The number of nitrogens with zero attached hydrogens (tertiary/aromatic N) is 4. The van der Waals surface area contributed by atoms with Crippen LogP contribution in [0.5, 0.6) is 5.75 Å². The predicted molar refractivity (Wildman–Crippen MR) is 143 cm³/mol. The molecule has 3 heterocycles. The molecular formula is C24H31N5O5S2. The molecule has 2 N–H and O–H groups in total. The number of H-pyrrole nitrogens is 1. The van der Waals surface area contributed by atoms with E-state index in [0.717, 1.165) is 22.7 Å². The van der Waals surface area contributed by atoms with E-state index in [9.17, 15) is 8.42 Å². The molecule has 0 bridgehead atoms. The summed E-state index contributed by atoms with van der Waals surface area (Å²) in [5.74, 6) is 0.535. The quantitative estimate of drug-likeness (QED) is 0.340. The number of likely N-dealkylation sites (N-methyl/N-ethyl adjacent to an activating group) is 1. The smallest absolute Gasteiger partial charge is 0.281 e. The highest BCUT2D eigenvalue weighted by molar-refractivity contribution is 8.15.